The Morgan fingerprint density at radius 2 is 1.73 bits per heavy atom. The summed E-state index contributed by atoms with van der Waals surface area (Å²) in [5, 5.41) is 11.6. The first kappa shape index (κ1) is 19.5. The van der Waals surface area contributed by atoms with E-state index in [0.717, 1.165) is 5.56 Å². The summed E-state index contributed by atoms with van der Waals surface area (Å²) in [5.74, 6) is -1.06. The molecule has 1 unspecified atom stereocenters. The second-order valence-electron chi connectivity index (χ2n) is 6.43. The predicted octanol–water partition coefficient (Wildman–Crippen LogP) is 2.56. The number of hydrogen-bond acceptors (Lipinski definition) is 4. The van der Waals surface area contributed by atoms with Gasteiger partial charge in [-0.1, -0.05) is 36.4 Å². The van der Waals surface area contributed by atoms with Crippen molar-refractivity contribution in [2.75, 3.05) is 39.5 Å². The lowest BCUT2D eigenvalue weighted by Gasteiger charge is -2.31. The number of benzene rings is 2. The Morgan fingerprint density at radius 3 is 2.35 bits per heavy atom. The van der Waals surface area contributed by atoms with E-state index >= 15 is 0 Å². The summed E-state index contributed by atoms with van der Waals surface area (Å²) in [6.07, 6.45) is 0. The summed E-state index contributed by atoms with van der Waals surface area (Å²) in [6.45, 7) is 0.504. The van der Waals surface area contributed by atoms with Gasteiger partial charge >= 0.3 is 5.97 Å². The van der Waals surface area contributed by atoms with Crippen molar-refractivity contribution in [1.82, 2.24) is 9.80 Å². The lowest BCUT2D eigenvalue weighted by atomic mass is 10.0. The molecule has 0 fully saturated rings. The van der Waals surface area contributed by atoms with E-state index < -0.39 is 5.97 Å². The number of anilines is 1. The van der Waals surface area contributed by atoms with Gasteiger partial charge in [0.25, 0.3) is 5.91 Å². The third-order valence-corrected chi connectivity index (χ3v) is 4.06. The molecular formula is C20H25N3O3. The fourth-order valence-electron chi connectivity index (χ4n) is 2.76. The number of carbonyl (C=O) groups is 2. The summed E-state index contributed by atoms with van der Waals surface area (Å²) in [6, 6.07) is 16.7. The van der Waals surface area contributed by atoms with Crippen LogP contribution in [0.3, 0.4) is 0 Å². The van der Waals surface area contributed by atoms with Gasteiger partial charge in [-0.25, -0.2) is 0 Å². The van der Waals surface area contributed by atoms with Crippen molar-refractivity contribution in [3.63, 3.8) is 0 Å². The molecule has 2 N–H and O–H groups in total. The molecule has 0 radical (unpaired) electrons. The van der Waals surface area contributed by atoms with Crippen LogP contribution in [0.5, 0.6) is 0 Å². The van der Waals surface area contributed by atoms with Crippen LogP contribution in [0.25, 0.3) is 0 Å². The quantitative estimate of drug-likeness (QED) is 0.761. The predicted molar refractivity (Wildman–Crippen MR) is 102 cm³/mol. The highest BCUT2D eigenvalue weighted by molar-refractivity contribution is 5.95. The Kier molecular flexibility index (Phi) is 6.74. The molecule has 2 aromatic rings. The van der Waals surface area contributed by atoms with Gasteiger partial charge < -0.3 is 20.2 Å². The van der Waals surface area contributed by atoms with E-state index in [1.165, 1.54) is 0 Å². The standard InChI is InChI=1S/C20H25N3O3/c1-22(2)14-18(15-8-5-4-6-9-15)23(3)20(26)16-10-7-11-17(12-16)21-13-19(24)25/h4-12,18,21H,13-14H2,1-3H3,(H,24,25). The topological polar surface area (TPSA) is 72.9 Å². The number of hydrogen-bond donors (Lipinski definition) is 2. The molecule has 1 atom stereocenters. The van der Waals surface area contributed by atoms with Gasteiger partial charge in [0.05, 0.1) is 6.04 Å². The normalized spacial score (nSPS) is 11.8. The molecule has 0 saturated heterocycles. The monoisotopic (exact) mass is 355 g/mol. The average molecular weight is 355 g/mol. The van der Waals surface area contributed by atoms with Crippen LogP contribution in [0.2, 0.25) is 0 Å². The summed E-state index contributed by atoms with van der Waals surface area (Å²) < 4.78 is 0. The van der Waals surface area contributed by atoms with Gasteiger partial charge in [-0.15, -0.1) is 0 Å². The number of nitrogens with one attached hydrogen (secondary N) is 1. The maximum atomic E-state index is 13.0. The first-order chi connectivity index (χ1) is 12.4. The maximum Gasteiger partial charge on any atom is 0.322 e. The molecule has 2 aromatic carbocycles. The Bertz CT molecular complexity index is 747. The molecule has 0 bridgehead atoms. The molecule has 0 spiro atoms. The first-order valence-electron chi connectivity index (χ1n) is 8.41. The summed E-state index contributed by atoms with van der Waals surface area (Å²) in [7, 11) is 5.75. The molecular weight excluding hydrogens is 330 g/mol. The van der Waals surface area contributed by atoms with Crippen LogP contribution < -0.4 is 5.32 Å². The molecule has 0 aliphatic heterocycles. The van der Waals surface area contributed by atoms with Crippen LogP contribution in [0, 0.1) is 0 Å². The molecule has 1 amide bonds. The van der Waals surface area contributed by atoms with E-state index in [4.69, 9.17) is 5.11 Å². The molecule has 6 heteroatoms. The van der Waals surface area contributed by atoms with Gasteiger partial charge in [-0.2, -0.15) is 0 Å². The number of carboxylic acid groups (broad SMARTS) is 1. The SMILES string of the molecule is CN(C)CC(c1ccccc1)N(C)C(=O)c1cccc(NCC(=O)O)c1. The highest BCUT2D eigenvalue weighted by atomic mass is 16.4. The lowest BCUT2D eigenvalue weighted by Crippen LogP contribution is -2.37. The minimum absolute atomic E-state index is 0.0886. The Morgan fingerprint density at radius 1 is 1.04 bits per heavy atom. The van der Waals surface area contributed by atoms with Crippen molar-refractivity contribution in [2.24, 2.45) is 0 Å². The summed E-state index contributed by atoms with van der Waals surface area (Å²) in [5.41, 5.74) is 2.19. The van der Waals surface area contributed by atoms with Crippen LogP contribution in [-0.2, 0) is 4.79 Å². The Hall–Kier alpha value is -2.86. The molecule has 26 heavy (non-hydrogen) atoms. The molecule has 0 heterocycles. The second-order valence-corrected chi connectivity index (χ2v) is 6.43. The third-order valence-electron chi connectivity index (χ3n) is 4.06. The van der Waals surface area contributed by atoms with Crippen molar-refractivity contribution in [3.05, 3.63) is 65.7 Å². The van der Waals surface area contributed by atoms with Crippen LogP contribution in [-0.4, -0.2) is 61.0 Å². The molecule has 6 nitrogen and oxygen atoms in total. The number of aliphatic carboxylic acids is 1. The van der Waals surface area contributed by atoms with Crippen LogP contribution in [0.15, 0.2) is 54.6 Å². The van der Waals surface area contributed by atoms with Crippen molar-refractivity contribution < 1.29 is 14.7 Å². The summed E-state index contributed by atoms with van der Waals surface area (Å²) in [4.78, 5) is 27.5. The van der Waals surface area contributed by atoms with Crippen molar-refractivity contribution in [3.8, 4) is 0 Å². The molecule has 0 aromatic heterocycles. The average Bonchev–Trinajstić information content (AvgIpc) is 2.64. The molecule has 0 aliphatic rings. The highest BCUT2D eigenvalue weighted by Gasteiger charge is 2.23. The van der Waals surface area contributed by atoms with E-state index in [1.807, 2.05) is 49.3 Å². The number of likely N-dealkylation sites (N-methyl/N-ethyl adjacent to an activating group) is 2. The zero-order chi connectivity index (χ0) is 19.1. The van der Waals surface area contributed by atoms with E-state index in [2.05, 4.69) is 5.32 Å². The van der Waals surface area contributed by atoms with E-state index in [-0.39, 0.29) is 18.5 Å². The zero-order valence-electron chi connectivity index (χ0n) is 15.3. The van der Waals surface area contributed by atoms with Gasteiger partial charge in [0.15, 0.2) is 0 Å². The van der Waals surface area contributed by atoms with E-state index in [1.54, 1.807) is 36.2 Å². The second kappa shape index (κ2) is 9.01. The number of nitrogens with zero attached hydrogens (tertiary/aromatic N) is 2. The van der Waals surface area contributed by atoms with Gasteiger partial charge in [0, 0.05) is 24.8 Å². The molecule has 2 rings (SSSR count). The van der Waals surface area contributed by atoms with Crippen LogP contribution in [0.1, 0.15) is 22.0 Å². The molecule has 0 saturated carbocycles. The smallest absolute Gasteiger partial charge is 0.322 e. The number of carbonyl (C=O) groups excluding carboxylic acids is 1. The minimum atomic E-state index is -0.950. The highest BCUT2D eigenvalue weighted by Crippen LogP contribution is 2.23. The number of amides is 1. The third kappa shape index (κ3) is 5.32. The van der Waals surface area contributed by atoms with E-state index in [9.17, 15) is 9.59 Å². The fourth-order valence-corrected chi connectivity index (χ4v) is 2.76. The van der Waals surface area contributed by atoms with E-state index in [0.29, 0.717) is 17.8 Å². The van der Waals surface area contributed by atoms with Crippen molar-refractivity contribution in [2.45, 2.75) is 6.04 Å². The minimum Gasteiger partial charge on any atom is -0.480 e. The largest absolute Gasteiger partial charge is 0.480 e. The van der Waals surface area contributed by atoms with Crippen molar-refractivity contribution in [1.29, 1.82) is 0 Å². The van der Waals surface area contributed by atoms with Gasteiger partial charge in [0.2, 0.25) is 0 Å². The molecule has 0 aliphatic carbocycles. The van der Waals surface area contributed by atoms with Crippen LogP contribution in [0.4, 0.5) is 5.69 Å². The van der Waals surface area contributed by atoms with Crippen LogP contribution >= 0.6 is 0 Å². The zero-order valence-corrected chi connectivity index (χ0v) is 15.3. The maximum absolute atomic E-state index is 13.0. The van der Waals surface area contributed by atoms with Crippen molar-refractivity contribution >= 4 is 17.6 Å². The van der Waals surface area contributed by atoms with Gasteiger partial charge in [-0.3, -0.25) is 9.59 Å². The Labute approximate surface area is 154 Å². The first-order valence-corrected chi connectivity index (χ1v) is 8.41. The Balaban J connectivity index is 2.22. The van der Waals surface area contributed by atoms with Gasteiger partial charge in [0.1, 0.15) is 6.54 Å². The number of carboxylic acids is 1. The fraction of sp³-hybridized carbons (Fsp3) is 0.300. The lowest BCUT2D eigenvalue weighted by molar-refractivity contribution is -0.134. The summed E-state index contributed by atoms with van der Waals surface area (Å²) >= 11 is 0. The van der Waals surface area contributed by atoms with Gasteiger partial charge in [-0.05, 0) is 37.9 Å². The molecule has 138 valence electrons. The number of rotatable bonds is 8.